The van der Waals surface area contributed by atoms with Gasteiger partial charge in [0.15, 0.2) is 10.2 Å². The quantitative estimate of drug-likeness (QED) is 0.168. The van der Waals surface area contributed by atoms with Crippen molar-refractivity contribution in [3.05, 3.63) is 97.6 Å². The Hall–Kier alpha value is -4.28. The van der Waals surface area contributed by atoms with Crippen molar-refractivity contribution >= 4 is 57.4 Å². The van der Waals surface area contributed by atoms with E-state index in [0.717, 1.165) is 22.7 Å². The van der Waals surface area contributed by atoms with Crippen LogP contribution in [0, 0.1) is 0 Å². The fourth-order valence-corrected chi connectivity index (χ4v) is 3.59. The number of nitrogens with zero attached hydrogens (tertiary/aromatic N) is 2. The van der Waals surface area contributed by atoms with Crippen molar-refractivity contribution < 1.29 is 9.47 Å². The van der Waals surface area contributed by atoms with Crippen LogP contribution >= 0.6 is 24.4 Å². The van der Waals surface area contributed by atoms with Crippen molar-refractivity contribution in [2.24, 2.45) is 0 Å². The molecule has 0 amide bonds. The first kappa shape index (κ1) is 24.8. The van der Waals surface area contributed by atoms with Gasteiger partial charge in [-0.05, 0) is 73.0 Å². The number of pyridine rings is 2. The lowest BCUT2D eigenvalue weighted by Crippen LogP contribution is -2.20. The number of aromatic nitrogens is 2. The summed E-state index contributed by atoms with van der Waals surface area (Å²) in [4.78, 5) is 8.14. The third-order valence-corrected chi connectivity index (χ3v) is 5.12. The van der Waals surface area contributed by atoms with Crippen molar-refractivity contribution in [2.45, 2.75) is 0 Å². The molecule has 4 N–H and O–H groups in total. The number of benzene rings is 2. The van der Waals surface area contributed by atoms with Crippen LogP contribution in [0.3, 0.4) is 0 Å². The maximum atomic E-state index is 5.96. The van der Waals surface area contributed by atoms with Gasteiger partial charge in [0.25, 0.3) is 0 Å². The van der Waals surface area contributed by atoms with E-state index in [1.807, 2.05) is 72.8 Å². The van der Waals surface area contributed by atoms with E-state index >= 15 is 0 Å². The molecule has 0 spiro atoms. The Balaban J connectivity index is 1.28. The fourth-order valence-electron chi connectivity index (χ4n) is 3.14. The van der Waals surface area contributed by atoms with Gasteiger partial charge in [0.2, 0.25) is 0 Å². The minimum Gasteiger partial charge on any atom is -0.488 e. The lowest BCUT2D eigenvalue weighted by Gasteiger charge is -2.16. The van der Waals surface area contributed by atoms with Gasteiger partial charge in [-0.25, -0.2) is 0 Å². The summed E-state index contributed by atoms with van der Waals surface area (Å²) < 4.78 is 11.9. The predicted octanol–water partition coefficient (Wildman–Crippen LogP) is 5.55. The molecule has 10 heteroatoms. The third kappa shape index (κ3) is 7.62. The SMILES string of the molecule is S=C(Nc1cccnc1)Nc1ccccc1OCCOc1ccccc1NC(=S)Nc1cccnc1. The number of nitrogens with one attached hydrogen (secondary N) is 4. The molecule has 2 aromatic heterocycles. The highest BCUT2D eigenvalue weighted by Crippen LogP contribution is 2.26. The minimum absolute atomic E-state index is 0.328. The van der Waals surface area contributed by atoms with Crippen molar-refractivity contribution in [3.8, 4) is 11.5 Å². The zero-order chi connectivity index (χ0) is 25.0. The zero-order valence-electron chi connectivity index (χ0n) is 19.2. The van der Waals surface area contributed by atoms with Gasteiger partial charge in [0, 0.05) is 12.4 Å². The molecule has 0 saturated heterocycles. The number of hydrogen-bond acceptors (Lipinski definition) is 6. The van der Waals surface area contributed by atoms with Gasteiger partial charge in [0.1, 0.15) is 24.7 Å². The Bertz CT molecular complexity index is 1190. The summed E-state index contributed by atoms with van der Waals surface area (Å²) in [7, 11) is 0. The molecule has 0 aliphatic carbocycles. The van der Waals surface area contributed by atoms with Gasteiger partial charge in [-0.15, -0.1) is 0 Å². The Morgan fingerprint density at radius 1 is 0.583 bits per heavy atom. The van der Waals surface area contributed by atoms with Crippen LogP contribution in [-0.2, 0) is 0 Å². The Morgan fingerprint density at radius 2 is 1.03 bits per heavy atom. The first-order chi connectivity index (χ1) is 17.7. The highest BCUT2D eigenvalue weighted by atomic mass is 32.1. The Labute approximate surface area is 220 Å². The molecular formula is C26H24N6O2S2. The summed E-state index contributed by atoms with van der Waals surface area (Å²) in [5.41, 5.74) is 3.08. The maximum Gasteiger partial charge on any atom is 0.175 e. The standard InChI is InChI=1S/C26H24N6O2S2/c35-25(29-19-7-5-13-27-17-19)31-21-9-1-3-11-23(21)33-15-16-34-24-12-4-2-10-22(24)32-26(36)30-20-8-6-14-28-18-20/h1-14,17-18H,15-16H2,(H2,29,31,35)(H2,30,32,36). The molecule has 0 bridgehead atoms. The maximum absolute atomic E-state index is 5.96. The average Bonchev–Trinajstić information content (AvgIpc) is 2.89. The van der Waals surface area contributed by atoms with E-state index in [4.69, 9.17) is 33.9 Å². The summed E-state index contributed by atoms with van der Waals surface area (Å²) in [5, 5.41) is 13.4. The molecule has 0 aliphatic heterocycles. The van der Waals surface area contributed by atoms with Crippen LogP contribution in [0.25, 0.3) is 0 Å². The first-order valence-corrected chi connectivity index (χ1v) is 11.9. The molecule has 0 radical (unpaired) electrons. The largest absolute Gasteiger partial charge is 0.488 e. The first-order valence-electron chi connectivity index (χ1n) is 11.1. The van der Waals surface area contributed by atoms with Crippen molar-refractivity contribution in [2.75, 3.05) is 34.5 Å². The van der Waals surface area contributed by atoms with E-state index in [9.17, 15) is 0 Å². The second kappa shape index (κ2) is 13.0. The zero-order valence-corrected chi connectivity index (χ0v) is 20.8. The highest BCUT2D eigenvalue weighted by Gasteiger charge is 2.08. The van der Waals surface area contributed by atoms with Gasteiger partial charge >= 0.3 is 0 Å². The molecule has 8 nitrogen and oxygen atoms in total. The van der Waals surface area contributed by atoms with Crippen LogP contribution in [0.5, 0.6) is 11.5 Å². The Morgan fingerprint density at radius 3 is 1.44 bits per heavy atom. The number of rotatable bonds is 9. The smallest absolute Gasteiger partial charge is 0.175 e. The molecule has 0 unspecified atom stereocenters. The number of anilines is 4. The van der Waals surface area contributed by atoms with Crippen LogP contribution in [-0.4, -0.2) is 33.4 Å². The molecular weight excluding hydrogens is 492 g/mol. The molecule has 182 valence electrons. The van der Waals surface area contributed by atoms with Crippen LogP contribution in [0.4, 0.5) is 22.7 Å². The lowest BCUT2D eigenvalue weighted by atomic mass is 10.3. The van der Waals surface area contributed by atoms with E-state index < -0.39 is 0 Å². The van der Waals surface area contributed by atoms with E-state index in [-0.39, 0.29) is 0 Å². The van der Waals surface area contributed by atoms with E-state index in [2.05, 4.69) is 31.2 Å². The van der Waals surface area contributed by atoms with Crippen molar-refractivity contribution in [1.29, 1.82) is 0 Å². The van der Waals surface area contributed by atoms with Gasteiger partial charge in [0.05, 0.1) is 35.1 Å². The Kier molecular flexibility index (Phi) is 8.95. The molecule has 0 aliphatic rings. The van der Waals surface area contributed by atoms with E-state index in [1.165, 1.54) is 0 Å². The summed E-state index contributed by atoms with van der Waals surface area (Å²) in [5.74, 6) is 1.31. The van der Waals surface area contributed by atoms with Crippen LogP contribution in [0.1, 0.15) is 0 Å². The normalized spacial score (nSPS) is 10.1. The molecule has 4 aromatic rings. The number of hydrogen-bond donors (Lipinski definition) is 4. The van der Waals surface area contributed by atoms with Crippen LogP contribution in [0.15, 0.2) is 97.6 Å². The second-order valence-corrected chi connectivity index (χ2v) is 8.15. The van der Waals surface area contributed by atoms with Crippen molar-refractivity contribution in [1.82, 2.24) is 9.97 Å². The van der Waals surface area contributed by atoms with Crippen LogP contribution < -0.4 is 30.7 Å². The fraction of sp³-hybridized carbons (Fsp3) is 0.0769. The van der Waals surface area contributed by atoms with Gasteiger partial charge < -0.3 is 30.7 Å². The summed E-state index contributed by atoms with van der Waals surface area (Å²) >= 11 is 10.8. The molecule has 4 rings (SSSR count). The monoisotopic (exact) mass is 516 g/mol. The third-order valence-electron chi connectivity index (χ3n) is 4.71. The minimum atomic E-state index is 0.328. The molecule has 0 fully saturated rings. The molecule has 2 heterocycles. The predicted molar refractivity (Wildman–Crippen MR) is 152 cm³/mol. The average molecular weight is 517 g/mol. The van der Waals surface area contributed by atoms with E-state index in [0.29, 0.717) is 34.9 Å². The summed E-state index contributed by atoms with van der Waals surface area (Å²) in [6, 6.07) is 22.6. The second-order valence-electron chi connectivity index (χ2n) is 7.33. The summed E-state index contributed by atoms with van der Waals surface area (Å²) in [6.45, 7) is 0.655. The summed E-state index contributed by atoms with van der Waals surface area (Å²) in [6.07, 6.45) is 6.80. The van der Waals surface area contributed by atoms with Crippen LogP contribution in [0.2, 0.25) is 0 Å². The number of ether oxygens (including phenoxy) is 2. The molecule has 2 aromatic carbocycles. The molecule has 36 heavy (non-hydrogen) atoms. The molecule has 0 saturated carbocycles. The lowest BCUT2D eigenvalue weighted by molar-refractivity contribution is 0.218. The van der Waals surface area contributed by atoms with E-state index in [1.54, 1.807) is 24.8 Å². The van der Waals surface area contributed by atoms with Crippen molar-refractivity contribution in [3.63, 3.8) is 0 Å². The number of thiocarbonyl (C=S) groups is 2. The van der Waals surface area contributed by atoms with Gasteiger partial charge in [-0.1, -0.05) is 24.3 Å². The van der Waals surface area contributed by atoms with Gasteiger partial charge in [-0.2, -0.15) is 0 Å². The molecule has 0 atom stereocenters. The number of para-hydroxylation sites is 4. The van der Waals surface area contributed by atoms with Gasteiger partial charge in [-0.3, -0.25) is 9.97 Å². The highest BCUT2D eigenvalue weighted by molar-refractivity contribution is 7.81. The topological polar surface area (TPSA) is 92.4 Å².